The van der Waals surface area contributed by atoms with Gasteiger partial charge < -0.3 is 5.32 Å². The maximum atomic E-state index is 11.7. The highest BCUT2D eigenvalue weighted by molar-refractivity contribution is 9.11. The van der Waals surface area contributed by atoms with E-state index >= 15 is 0 Å². The molecular weight excluding hydrogens is 276 g/mol. The summed E-state index contributed by atoms with van der Waals surface area (Å²) in [6.07, 6.45) is 1.64. The highest BCUT2D eigenvalue weighted by Crippen LogP contribution is 2.23. The van der Waals surface area contributed by atoms with Crippen molar-refractivity contribution >= 4 is 39.0 Å². The maximum absolute atomic E-state index is 11.7. The Morgan fingerprint density at radius 3 is 2.87 bits per heavy atom. The molecule has 0 aliphatic carbocycles. The van der Waals surface area contributed by atoms with Gasteiger partial charge in [0.05, 0.1) is 9.35 Å². The summed E-state index contributed by atoms with van der Waals surface area (Å²) in [6.45, 7) is 0. The minimum atomic E-state index is -0.151. The van der Waals surface area contributed by atoms with Gasteiger partial charge in [-0.2, -0.15) is 0 Å². The van der Waals surface area contributed by atoms with E-state index in [2.05, 4.69) is 26.2 Å². The lowest BCUT2D eigenvalue weighted by Crippen LogP contribution is -2.12. The Morgan fingerprint density at radius 2 is 2.27 bits per heavy atom. The maximum Gasteiger partial charge on any atom is 0.258 e. The second-order valence-electron chi connectivity index (χ2n) is 2.78. The number of nitrogens with zero attached hydrogens (tertiary/aromatic N) is 1. The van der Waals surface area contributed by atoms with E-state index in [9.17, 15) is 4.79 Å². The molecule has 2 aromatic rings. The van der Waals surface area contributed by atoms with Crippen LogP contribution in [0, 0.1) is 0 Å². The Kier molecular flexibility index (Phi) is 3.13. The smallest absolute Gasteiger partial charge is 0.258 e. The van der Waals surface area contributed by atoms with Crippen LogP contribution in [0.5, 0.6) is 0 Å². The van der Waals surface area contributed by atoms with Crippen molar-refractivity contribution in [3.63, 3.8) is 0 Å². The first-order valence-electron chi connectivity index (χ1n) is 4.23. The Labute approximate surface area is 99.3 Å². The number of nitrogens with one attached hydrogen (secondary N) is 1. The second kappa shape index (κ2) is 4.55. The Bertz CT molecular complexity index is 469. The summed E-state index contributed by atoms with van der Waals surface area (Å²) in [5, 5.41) is 4.57. The molecule has 2 aromatic heterocycles. The van der Waals surface area contributed by atoms with Crippen LogP contribution in [0.25, 0.3) is 0 Å². The summed E-state index contributed by atoms with van der Waals surface area (Å²) in [7, 11) is 0. The molecule has 76 valence electrons. The van der Waals surface area contributed by atoms with E-state index < -0.39 is 0 Å². The topological polar surface area (TPSA) is 42.0 Å². The summed E-state index contributed by atoms with van der Waals surface area (Å²) in [5.41, 5.74) is 0.630. The zero-order valence-electron chi connectivity index (χ0n) is 7.61. The first-order valence-corrected chi connectivity index (χ1v) is 5.90. The zero-order valence-corrected chi connectivity index (χ0v) is 10.0. The third-order valence-corrected chi connectivity index (χ3v) is 3.46. The summed E-state index contributed by atoms with van der Waals surface area (Å²) in [5.74, 6) is 0.405. The number of pyridine rings is 1. The molecular formula is C10H7BrN2OS. The zero-order chi connectivity index (χ0) is 10.7. The molecule has 0 atom stereocenters. The molecule has 5 heteroatoms. The van der Waals surface area contributed by atoms with Crippen LogP contribution in [-0.4, -0.2) is 10.9 Å². The van der Waals surface area contributed by atoms with Crippen molar-refractivity contribution in [2.75, 3.05) is 5.32 Å². The number of aromatic nitrogens is 1. The van der Waals surface area contributed by atoms with Gasteiger partial charge in [-0.15, -0.1) is 11.3 Å². The van der Waals surface area contributed by atoms with Gasteiger partial charge in [0.15, 0.2) is 0 Å². The van der Waals surface area contributed by atoms with Crippen molar-refractivity contribution < 1.29 is 4.79 Å². The van der Waals surface area contributed by atoms with E-state index in [1.807, 2.05) is 11.4 Å². The normalized spacial score (nSPS) is 9.93. The van der Waals surface area contributed by atoms with Crippen molar-refractivity contribution in [1.82, 2.24) is 4.98 Å². The number of amides is 1. The third kappa shape index (κ3) is 2.43. The quantitative estimate of drug-likeness (QED) is 0.919. The molecule has 0 fully saturated rings. The standard InChI is InChI=1S/C10H7BrN2OS/c11-9-7(4-6-15-9)10(14)13-8-3-1-2-5-12-8/h1-6H,(H,12,13,14). The molecule has 0 aromatic carbocycles. The number of thiophene rings is 1. The molecule has 0 spiro atoms. The Hall–Kier alpha value is -1.20. The van der Waals surface area contributed by atoms with Gasteiger partial charge in [0.2, 0.25) is 0 Å². The molecule has 0 radical (unpaired) electrons. The number of anilines is 1. The molecule has 15 heavy (non-hydrogen) atoms. The summed E-state index contributed by atoms with van der Waals surface area (Å²) >= 11 is 4.80. The molecule has 0 bridgehead atoms. The van der Waals surface area contributed by atoms with E-state index in [1.54, 1.807) is 24.4 Å². The minimum Gasteiger partial charge on any atom is -0.307 e. The second-order valence-corrected chi connectivity index (χ2v) is 5.01. The predicted octanol–water partition coefficient (Wildman–Crippen LogP) is 3.16. The SMILES string of the molecule is O=C(Nc1ccccn1)c1ccsc1Br. The van der Waals surface area contributed by atoms with Crippen molar-refractivity contribution in [3.8, 4) is 0 Å². The van der Waals surface area contributed by atoms with Crippen molar-refractivity contribution in [2.45, 2.75) is 0 Å². The number of carbonyl (C=O) groups is 1. The van der Waals surface area contributed by atoms with Crippen LogP contribution < -0.4 is 5.32 Å². The van der Waals surface area contributed by atoms with Gasteiger partial charge in [0, 0.05) is 6.20 Å². The van der Waals surface area contributed by atoms with Gasteiger partial charge in [-0.25, -0.2) is 4.98 Å². The molecule has 2 heterocycles. The number of halogens is 1. The predicted molar refractivity (Wildman–Crippen MR) is 64.2 cm³/mol. The Balaban J connectivity index is 2.15. The fraction of sp³-hybridized carbons (Fsp3) is 0. The highest BCUT2D eigenvalue weighted by atomic mass is 79.9. The van der Waals surface area contributed by atoms with E-state index in [-0.39, 0.29) is 5.91 Å². The number of carbonyl (C=O) groups excluding carboxylic acids is 1. The van der Waals surface area contributed by atoms with Crippen molar-refractivity contribution in [3.05, 3.63) is 45.2 Å². The van der Waals surface area contributed by atoms with Crippen LogP contribution in [0.4, 0.5) is 5.82 Å². The number of hydrogen-bond acceptors (Lipinski definition) is 3. The minimum absolute atomic E-state index is 0.151. The van der Waals surface area contributed by atoms with E-state index in [4.69, 9.17) is 0 Å². The van der Waals surface area contributed by atoms with Crippen LogP contribution in [0.1, 0.15) is 10.4 Å². The van der Waals surface area contributed by atoms with E-state index in [1.165, 1.54) is 11.3 Å². The molecule has 1 amide bonds. The molecule has 0 aliphatic heterocycles. The molecule has 0 saturated carbocycles. The Morgan fingerprint density at radius 1 is 1.40 bits per heavy atom. The van der Waals surface area contributed by atoms with Gasteiger partial charge in [0.25, 0.3) is 5.91 Å². The van der Waals surface area contributed by atoms with Gasteiger partial charge in [-0.05, 0) is 39.5 Å². The van der Waals surface area contributed by atoms with E-state index in [0.29, 0.717) is 11.4 Å². The molecule has 3 nitrogen and oxygen atoms in total. The lowest BCUT2D eigenvalue weighted by atomic mass is 10.3. The average molecular weight is 283 g/mol. The fourth-order valence-corrected chi connectivity index (χ4v) is 2.32. The van der Waals surface area contributed by atoms with Crippen molar-refractivity contribution in [2.24, 2.45) is 0 Å². The summed E-state index contributed by atoms with van der Waals surface area (Å²) < 4.78 is 0.830. The monoisotopic (exact) mass is 282 g/mol. The van der Waals surface area contributed by atoms with Crippen molar-refractivity contribution in [1.29, 1.82) is 0 Å². The molecule has 1 N–H and O–H groups in total. The van der Waals surface area contributed by atoms with Gasteiger partial charge in [-0.1, -0.05) is 6.07 Å². The van der Waals surface area contributed by atoms with Gasteiger partial charge in [0.1, 0.15) is 5.82 Å². The fourth-order valence-electron chi connectivity index (χ4n) is 1.08. The average Bonchev–Trinajstić information content (AvgIpc) is 2.66. The molecule has 0 unspecified atom stereocenters. The van der Waals surface area contributed by atoms with Crippen LogP contribution in [0.3, 0.4) is 0 Å². The van der Waals surface area contributed by atoms with Gasteiger partial charge >= 0.3 is 0 Å². The van der Waals surface area contributed by atoms with Crippen LogP contribution in [-0.2, 0) is 0 Å². The molecule has 0 aliphatic rings. The highest BCUT2D eigenvalue weighted by Gasteiger charge is 2.10. The summed E-state index contributed by atoms with van der Waals surface area (Å²) in [4.78, 5) is 15.7. The largest absolute Gasteiger partial charge is 0.307 e. The number of rotatable bonds is 2. The molecule has 0 saturated heterocycles. The first-order chi connectivity index (χ1) is 7.27. The molecule has 2 rings (SSSR count). The van der Waals surface area contributed by atoms with Crippen LogP contribution in [0.2, 0.25) is 0 Å². The van der Waals surface area contributed by atoms with E-state index in [0.717, 1.165) is 3.79 Å². The lowest BCUT2D eigenvalue weighted by Gasteiger charge is -2.02. The number of hydrogen-bond donors (Lipinski definition) is 1. The first kappa shape index (κ1) is 10.3. The van der Waals surface area contributed by atoms with Crippen LogP contribution >= 0.6 is 27.3 Å². The van der Waals surface area contributed by atoms with Gasteiger partial charge in [-0.3, -0.25) is 4.79 Å². The van der Waals surface area contributed by atoms with Crippen LogP contribution in [0.15, 0.2) is 39.6 Å². The third-order valence-electron chi connectivity index (χ3n) is 1.77. The lowest BCUT2D eigenvalue weighted by molar-refractivity contribution is 0.102. The summed E-state index contributed by atoms with van der Waals surface area (Å²) in [6, 6.07) is 7.15.